The molecule has 2 rings (SSSR count). The van der Waals surface area contributed by atoms with Crippen LogP contribution in [-0.2, 0) is 6.42 Å². The lowest BCUT2D eigenvalue weighted by molar-refractivity contribution is 0.633. The molecular formula is C13H19N3. The van der Waals surface area contributed by atoms with Gasteiger partial charge in [-0.2, -0.15) is 0 Å². The van der Waals surface area contributed by atoms with Gasteiger partial charge in [0.2, 0.25) is 0 Å². The molecule has 3 nitrogen and oxygen atoms in total. The quantitative estimate of drug-likeness (QED) is 0.753. The van der Waals surface area contributed by atoms with Crippen molar-refractivity contribution >= 4 is 11.0 Å². The minimum atomic E-state index is 1.04. The number of fused-ring (bicyclic) bond motifs is 1. The highest BCUT2D eigenvalue weighted by Crippen LogP contribution is 2.16. The van der Waals surface area contributed by atoms with Gasteiger partial charge in [0.25, 0.3) is 0 Å². The van der Waals surface area contributed by atoms with Crippen LogP contribution in [0.1, 0.15) is 44.6 Å². The Kier molecular flexibility index (Phi) is 3.91. The second kappa shape index (κ2) is 5.64. The van der Waals surface area contributed by atoms with E-state index < -0.39 is 0 Å². The Morgan fingerprint density at radius 1 is 1.12 bits per heavy atom. The molecule has 1 aromatic heterocycles. The molecule has 1 N–H and O–H groups in total. The van der Waals surface area contributed by atoms with Crippen LogP contribution in [0, 0.1) is 0 Å². The van der Waals surface area contributed by atoms with Crippen molar-refractivity contribution in [1.29, 1.82) is 0 Å². The Labute approximate surface area is 96.3 Å². The molecule has 0 aliphatic rings. The van der Waals surface area contributed by atoms with Gasteiger partial charge in [-0.05, 0) is 24.5 Å². The van der Waals surface area contributed by atoms with Crippen molar-refractivity contribution in [3.05, 3.63) is 23.8 Å². The first kappa shape index (κ1) is 11.1. The Morgan fingerprint density at radius 2 is 2.00 bits per heavy atom. The van der Waals surface area contributed by atoms with Crippen molar-refractivity contribution in [2.24, 2.45) is 0 Å². The van der Waals surface area contributed by atoms with Gasteiger partial charge in [0.1, 0.15) is 5.52 Å². The third-order valence-corrected chi connectivity index (χ3v) is 2.99. The van der Waals surface area contributed by atoms with Crippen LogP contribution in [0.25, 0.3) is 11.0 Å². The summed E-state index contributed by atoms with van der Waals surface area (Å²) in [4.78, 5) is 0. The number of nitrogens with zero attached hydrogens (tertiary/aromatic N) is 2. The van der Waals surface area contributed by atoms with Crippen LogP contribution in [0.4, 0.5) is 0 Å². The maximum atomic E-state index is 4.13. The number of hydrogen-bond donors (Lipinski definition) is 1. The van der Waals surface area contributed by atoms with Crippen LogP contribution in [0.15, 0.2) is 18.2 Å². The van der Waals surface area contributed by atoms with Gasteiger partial charge in [0, 0.05) is 0 Å². The molecule has 0 unspecified atom stereocenters. The zero-order valence-electron chi connectivity index (χ0n) is 9.87. The summed E-state index contributed by atoms with van der Waals surface area (Å²) in [6.45, 7) is 2.25. The number of hydrogen-bond acceptors (Lipinski definition) is 2. The van der Waals surface area contributed by atoms with Crippen molar-refractivity contribution in [3.63, 3.8) is 0 Å². The van der Waals surface area contributed by atoms with E-state index in [1.165, 1.54) is 37.7 Å². The number of aryl methyl sites for hydroxylation is 1. The molecule has 86 valence electrons. The fourth-order valence-electron chi connectivity index (χ4n) is 2.05. The van der Waals surface area contributed by atoms with Gasteiger partial charge in [0.05, 0.1) is 5.52 Å². The van der Waals surface area contributed by atoms with Gasteiger partial charge in [0.15, 0.2) is 0 Å². The lowest BCUT2D eigenvalue weighted by atomic mass is 10.0. The van der Waals surface area contributed by atoms with Crippen LogP contribution in [0.5, 0.6) is 0 Å². The molecule has 0 saturated carbocycles. The molecule has 0 radical (unpaired) electrons. The Morgan fingerprint density at radius 3 is 2.88 bits per heavy atom. The number of rotatable bonds is 6. The molecule has 16 heavy (non-hydrogen) atoms. The fraction of sp³-hybridized carbons (Fsp3) is 0.538. The molecule has 1 aromatic carbocycles. The average Bonchev–Trinajstić information content (AvgIpc) is 2.77. The van der Waals surface area contributed by atoms with Crippen molar-refractivity contribution in [3.8, 4) is 0 Å². The van der Waals surface area contributed by atoms with E-state index in [-0.39, 0.29) is 0 Å². The molecule has 2 aromatic rings. The molecule has 0 bridgehead atoms. The summed E-state index contributed by atoms with van der Waals surface area (Å²) in [6, 6.07) is 6.25. The SMILES string of the molecule is CCCCCCCc1cccc2[nH]nnc12. The first-order valence-corrected chi connectivity index (χ1v) is 6.20. The number of unbranched alkanes of at least 4 members (excludes halogenated alkanes) is 4. The molecule has 0 aliphatic carbocycles. The maximum Gasteiger partial charge on any atom is 0.116 e. The molecule has 1 heterocycles. The summed E-state index contributed by atoms with van der Waals surface area (Å²) < 4.78 is 0. The minimum absolute atomic E-state index is 1.04. The van der Waals surface area contributed by atoms with Gasteiger partial charge in [-0.1, -0.05) is 50.0 Å². The number of nitrogens with one attached hydrogen (secondary N) is 1. The lowest BCUT2D eigenvalue weighted by Crippen LogP contribution is -1.88. The van der Waals surface area contributed by atoms with E-state index in [0.29, 0.717) is 0 Å². The normalized spacial score (nSPS) is 11.1. The van der Waals surface area contributed by atoms with E-state index in [2.05, 4.69) is 34.5 Å². The third-order valence-electron chi connectivity index (χ3n) is 2.99. The molecule has 0 aliphatic heterocycles. The van der Waals surface area contributed by atoms with Crippen LogP contribution in [0.2, 0.25) is 0 Å². The van der Waals surface area contributed by atoms with Gasteiger partial charge >= 0.3 is 0 Å². The number of benzene rings is 1. The summed E-state index contributed by atoms with van der Waals surface area (Å²) in [7, 11) is 0. The largest absolute Gasteiger partial charge is 0.258 e. The van der Waals surface area contributed by atoms with E-state index in [9.17, 15) is 0 Å². The molecule has 0 saturated heterocycles. The number of H-pyrrole nitrogens is 1. The van der Waals surface area contributed by atoms with E-state index in [1.807, 2.05) is 6.07 Å². The topological polar surface area (TPSA) is 41.6 Å². The van der Waals surface area contributed by atoms with Crippen molar-refractivity contribution in [2.75, 3.05) is 0 Å². The number of aromatic nitrogens is 3. The third kappa shape index (κ3) is 2.60. The zero-order valence-corrected chi connectivity index (χ0v) is 9.87. The Hall–Kier alpha value is -1.38. The highest BCUT2D eigenvalue weighted by molar-refractivity contribution is 5.77. The van der Waals surface area contributed by atoms with Gasteiger partial charge < -0.3 is 0 Å². The zero-order chi connectivity index (χ0) is 11.2. The maximum absolute atomic E-state index is 4.13. The first-order chi connectivity index (χ1) is 7.92. The van der Waals surface area contributed by atoms with Crippen LogP contribution in [-0.4, -0.2) is 15.4 Å². The Balaban J connectivity index is 1.91. The van der Waals surface area contributed by atoms with E-state index in [1.54, 1.807) is 0 Å². The van der Waals surface area contributed by atoms with Crippen LogP contribution >= 0.6 is 0 Å². The summed E-state index contributed by atoms with van der Waals surface area (Å²) in [5.74, 6) is 0. The molecule has 0 spiro atoms. The van der Waals surface area contributed by atoms with Gasteiger partial charge in [-0.3, -0.25) is 5.10 Å². The number of aromatic amines is 1. The Bertz CT molecular complexity index is 433. The minimum Gasteiger partial charge on any atom is -0.258 e. The lowest BCUT2D eigenvalue weighted by Gasteiger charge is -2.01. The van der Waals surface area contributed by atoms with Crippen LogP contribution in [0.3, 0.4) is 0 Å². The summed E-state index contributed by atoms with van der Waals surface area (Å²) >= 11 is 0. The summed E-state index contributed by atoms with van der Waals surface area (Å²) in [5, 5.41) is 10.9. The second-order valence-corrected chi connectivity index (χ2v) is 4.29. The van der Waals surface area contributed by atoms with Gasteiger partial charge in [-0.15, -0.1) is 5.10 Å². The molecule has 0 fully saturated rings. The smallest absolute Gasteiger partial charge is 0.116 e. The predicted octanol–water partition coefficient (Wildman–Crippen LogP) is 3.47. The summed E-state index contributed by atoms with van der Waals surface area (Å²) in [6.07, 6.45) is 7.71. The second-order valence-electron chi connectivity index (χ2n) is 4.29. The first-order valence-electron chi connectivity index (χ1n) is 6.20. The van der Waals surface area contributed by atoms with Crippen molar-refractivity contribution in [1.82, 2.24) is 15.4 Å². The standard InChI is InChI=1S/C13H19N3/c1-2-3-4-5-6-8-11-9-7-10-12-13(11)15-16-14-12/h7,9-10H,2-6,8H2,1H3,(H,14,15,16). The van der Waals surface area contributed by atoms with E-state index in [0.717, 1.165) is 17.5 Å². The molecule has 3 heteroatoms. The predicted molar refractivity (Wildman–Crippen MR) is 66.4 cm³/mol. The monoisotopic (exact) mass is 217 g/mol. The average molecular weight is 217 g/mol. The van der Waals surface area contributed by atoms with Crippen molar-refractivity contribution in [2.45, 2.75) is 45.4 Å². The molecular weight excluding hydrogens is 198 g/mol. The summed E-state index contributed by atoms with van der Waals surface area (Å²) in [5.41, 5.74) is 3.41. The molecule has 0 amide bonds. The van der Waals surface area contributed by atoms with Crippen LogP contribution < -0.4 is 0 Å². The fourth-order valence-corrected chi connectivity index (χ4v) is 2.05. The van der Waals surface area contributed by atoms with Crippen molar-refractivity contribution < 1.29 is 0 Å². The highest BCUT2D eigenvalue weighted by Gasteiger charge is 2.03. The van der Waals surface area contributed by atoms with Gasteiger partial charge in [-0.25, -0.2) is 0 Å². The molecule has 0 atom stereocenters. The highest BCUT2D eigenvalue weighted by atomic mass is 15.3. The van der Waals surface area contributed by atoms with E-state index >= 15 is 0 Å². The van der Waals surface area contributed by atoms with E-state index in [4.69, 9.17) is 0 Å².